The molecule has 15 heavy (non-hydrogen) atoms. The van der Waals surface area contributed by atoms with E-state index in [0.29, 0.717) is 6.61 Å². The van der Waals surface area contributed by atoms with Crippen LogP contribution in [0.25, 0.3) is 0 Å². The molecule has 2 atom stereocenters. The van der Waals surface area contributed by atoms with Crippen molar-refractivity contribution in [2.45, 2.75) is 44.7 Å². The number of rotatable bonds is 1. The van der Waals surface area contributed by atoms with Gasteiger partial charge < -0.3 is 4.74 Å². The van der Waals surface area contributed by atoms with Crippen molar-refractivity contribution in [3.63, 3.8) is 0 Å². The van der Waals surface area contributed by atoms with Gasteiger partial charge in [0.1, 0.15) is 5.92 Å². The fourth-order valence-electron chi connectivity index (χ4n) is 2.88. The first-order chi connectivity index (χ1) is 6.92. The van der Waals surface area contributed by atoms with E-state index in [0.717, 1.165) is 12.8 Å². The number of hydrogen-bond acceptors (Lipinski definition) is 4. The summed E-state index contributed by atoms with van der Waals surface area (Å²) in [6, 6.07) is 0. The van der Waals surface area contributed by atoms with Gasteiger partial charge >= 0.3 is 5.97 Å². The second-order valence-electron chi connectivity index (χ2n) is 5.34. The van der Waals surface area contributed by atoms with Gasteiger partial charge in [-0.15, -0.1) is 0 Å². The highest BCUT2D eigenvalue weighted by molar-refractivity contribution is 5.74. The topological polar surface area (TPSA) is 38.8 Å². The van der Waals surface area contributed by atoms with Crippen LogP contribution in [0.3, 0.4) is 0 Å². The molecule has 0 N–H and O–H groups in total. The summed E-state index contributed by atoms with van der Waals surface area (Å²) < 4.78 is 4.83. The number of methoxy groups -OCH3 is 1. The number of hydrogen-bond donors (Lipinski definition) is 0. The lowest BCUT2D eigenvalue weighted by Crippen LogP contribution is -2.48. The predicted molar refractivity (Wildman–Crippen MR) is 55.0 cm³/mol. The maximum absolute atomic E-state index is 11.6. The van der Waals surface area contributed by atoms with Crippen molar-refractivity contribution < 1.29 is 14.4 Å². The van der Waals surface area contributed by atoms with Crippen molar-refractivity contribution in [3.05, 3.63) is 0 Å². The van der Waals surface area contributed by atoms with E-state index < -0.39 is 0 Å². The Morgan fingerprint density at radius 3 is 2.67 bits per heavy atom. The normalized spacial score (nSPS) is 39.1. The molecule has 0 aromatic heterocycles. The summed E-state index contributed by atoms with van der Waals surface area (Å²) in [4.78, 5) is 17.3. The molecule has 0 unspecified atom stereocenters. The molecular formula is C11H19NO3. The summed E-state index contributed by atoms with van der Waals surface area (Å²) >= 11 is 0. The summed E-state index contributed by atoms with van der Waals surface area (Å²) in [5, 5.41) is 2.00. The van der Waals surface area contributed by atoms with Gasteiger partial charge in [0.25, 0.3) is 0 Å². The SMILES string of the molecule is COC(=O)[C@@H]1CON2C(C)(C)CC[C@]12C. The van der Waals surface area contributed by atoms with Crippen molar-refractivity contribution in [2.75, 3.05) is 13.7 Å². The summed E-state index contributed by atoms with van der Waals surface area (Å²) in [5.41, 5.74) is -0.159. The van der Waals surface area contributed by atoms with Crippen molar-refractivity contribution in [1.29, 1.82) is 0 Å². The Bertz CT molecular complexity index is 290. The Balaban J connectivity index is 2.26. The first-order valence-electron chi connectivity index (χ1n) is 5.43. The molecule has 0 bridgehead atoms. The zero-order valence-electron chi connectivity index (χ0n) is 9.87. The molecule has 0 aromatic rings. The first-order valence-corrected chi connectivity index (χ1v) is 5.43. The monoisotopic (exact) mass is 213 g/mol. The molecule has 0 radical (unpaired) electrons. The van der Waals surface area contributed by atoms with Crippen LogP contribution in [0, 0.1) is 5.92 Å². The van der Waals surface area contributed by atoms with Crippen LogP contribution in [-0.4, -0.2) is 35.8 Å². The molecule has 2 saturated heterocycles. The summed E-state index contributed by atoms with van der Waals surface area (Å²) in [6.07, 6.45) is 2.04. The van der Waals surface area contributed by atoms with Crippen LogP contribution >= 0.6 is 0 Å². The Kier molecular flexibility index (Phi) is 2.32. The molecular weight excluding hydrogens is 194 g/mol. The molecule has 0 aromatic carbocycles. The van der Waals surface area contributed by atoms with Gasteiger partial charge in [-0.1, -0.05) is 0 Å². The standard InChI is InChI=1S/C11H19NO3/c1-10(2)5-6-11(3)8(9(13)14-4)7-15-12(10)11/h8H,5-7H2,1-4H3/t8-,11+/m0/s1. The van der Waals surface area contributed by atoms with Gasteiger partial charge in [0.2, 0.25) is 0 Å². The number of fused-ring (bicyclic) bond motifs is 1. The largest absolute Gasteiger partial charge is 0.469 e. The quantitative estimate of drug-likeness (QED) is 0.616. The number of nitrogens with zero attached hydrogens (tertiary/aromatic N) is 1. The Morgan fingerprint density at radius 1 is 1.40 bits per heavy atom. The maximum atomic E-state index is 11.6. The van der Waals surface area contributed by atoms with Crippen LogP contribution in [0.5, 0.6) is 0 Å². The molecule has 4 nitrogen and oxygen atoms in total. The van der Waals surface area contributed by atoms with E-state index in [2.05, 4.69) is 20.8 Å². The number of hydroxylamine groups is 2. The van der Waals surface area contributed by atoms with Crippen LogP contribution < -0.4 is 0 Å². The molecule has 2 rings (SSSR count). The van der Waals surface area contributed by atoms with E-state index in [1.54, 1.807) is 0 Å². The zero-order valence-corrected chi connectivity index (χ0v) is 9.87. The fourth-order valence-corrected chi connectivity index (χ4v) is 2.88. The van der Waals surface area contributed by atoms with E-state index in [-0.39, 0.29) is 23.0 Å². The van der Waals surface area contributed by atoms with Gasteiger partial charge in [0, 0.05) is 5.54 Å². The molecule has 4 heteroatoms. The Morgan fingerprint density at radius 2 is 2.07 bits per heavy atom. The first kappa shape index (κ1) is 10.9. The lowest BCUT2D eigenvalue weighted by atomic mass is 9.85. The third-order valence-corrected chi connectivity index (χ3v) is 3.86. The number of carbonyl (C=O) groups excluding carboxylic acids is 1. The van der Waals surface area contributed by atoms with Crippen LogP contribution in [0.2, 0.25) is 0 Å². The molecule has 0 amide bonds. The second-order valence-corrected chi connectivity index (χ2v) is 5.34. The highest BCUT2D eigenvalue weighted by Crippen LogP contribution is 2.49. The lowest BCUT2D eigenvalue weighted by molar-refractivity contribution is -0.192. The minimum atomic E-state index is -0.184. The van der Waals surface area contributed by atoms with Gasteiger partial charge in [-0.25, -0.2) is 0 Å². The molecule has 2 aliphatic rings. The van der Waals surface area contributed by atoms with Gasteiger partial charge in [-0.05, 0) is 33.6 Å². The number of esters is 1. The summed E-state index contributed by atoms with van der Waals surface area (Å²) in [7, 11) is 1.44. The van der Waals surface area contributed by atoms with Gasteiger partial charge in [0.15, 0.2) is 0 Å². The van der Waals surface area contributed by atoms with E-state index in [9.17, 15) is 4.79 Å². The van der Waals surface area contributed by atoms with E-state index >= 15 is 0 Å². The second kappa shape index (κ2) is 3.19. The lowest BCUT2D eigenvalue weighted by Gasteiger charge is -2.35. The van der Waals surface area contributed by atoms with Gasteiger partial charge in [-0.3, -0.25) is 9.63 Å². The Hall–Kier alpha value is -0.610. The summed E-state index contributed by atoms with van der Waals surface area (Å²) in [6.45, 7) is 6.85. The smallest absolute Gasteiger partial charge is 0.313 e. The van der Waals surface area contributed by atoms with Crippen molar-refractivity contribution in [3.8, 4) is 0 Å². The highest BCUT2D eigenvalue weighted by Gasteiger charge is 2.59. The van der Waals surface area contributed by atoms with E-state index in [4.69, 9.17) is 9.57 Å². The number of carbonyl (C=O) groups is 1. The third-order valence-electron chi connectivity index (χ3n) is 3.86. The Labute approximate surface area is 90.5 Å². The van der Waals surface area contributed by atoms with Gasteiger partial charge in [0.05, 0.1) is 19.3 Å². The molecule has 2 fully saturated rings. The van der Waals surface area contributed by atoms with E-state index in [1.807, 2.05) is 5.06 Å². The van der Waals surface area contributed by atoms with E-state index in [1.165, 1.54) is 7.11 Å². The van der Waals surface area contributed by atoms with Crippen molar-refractivity contribution in [1.82, 2.24) is 5.06 Å². The third kappa shape index (κ3) is 1.39. The molecule has 0 spiro atoms. The minimum Gasteiger partial charge on any atom is -0.469 e. The predicted octanol–water partition coefficient (Wildman–Crippen LogP) is 1.35. The average molecular weight is 213 g/mol. The summed E-state index contributed by atoms with van der Waals surface area (Å²) in [5.74, 6) is -0.304. The van der Waals surface area contributed by atoms with Crippen LogP contribution in [-0.2, 0) is 14.4 Å². The van der Waals surface area contributed by atoms with Gasteiger partial charge in [-0.2, -0.15) is 5.06 Å². The van der Waals surface area contributed by atoms with Crippen LogP contribution in [0.1, 0.15) is 33.6 Å². The fraction of sp³-hybridized carbons (Fsp3) is 0.909. The average Bonchev–Trinajstić information content (AvgIpc) is 2.63. The molecule has 86 valence electrons. The van der Waals surface area contributed by atoms with Crippen LogP contribution in [0.15, 0.2) is 0 Å². The highest BCUT2D eigenvalue weighted by atomic mass is 16.7. The minimum absolute atomic E-state index is 0.0253. The number of ether oxygens (including phenoxy) is 1. The van der Waals surface area contributed by atoms with Crippen molar-refractivity contribution >= 4 is 5.97 Å². The van der Waals surface area contributed by atoms with Crippen molar-refractivity contribution in [2.24, 2.45) is 5.92 Å². The molecule has 2 aliphatic heterocycles. The molecule has 0 aliphatic carbocycles. The van der Waals surface area contributed by atoms with Crippen LogP contribution in [0.4, 0.5) is 0 Å². The zero-order chi connectivity index (χ0) is 11.3. The molecule has 2 heterocycles. The maximum Gasteiger partial charge on any atom is 0.313 e. The molecule has 0 saturated carbocycles.